The molecule has 7 nitrogen and oxygen atoms in total. The first-order valence-corrected chi connectivity index (χ1v) is 9.00. The number of para-hydroxylation sites is 1. The molecule has 0 aliphatic heterocycles. The smallest absolute Gasteiger partial charge is 0.313 e. The van der Waals surface area contributed by atoms with Gasteiger partial charge in [0.05, 0.1) is 18.1 Å². The molecule has 2 aromatic carbocycles. The second-order valence-corrected chi connectivity index (χ2v) is 6.68. The van der Waals surface area contributed by atoms with Crippen molar-refractivity contribution >= 4 is 16.8 Å². The van der Waals surface area contributed by atoms with Gasteiger partial charge in [0.15, 0.2) is 17.4 Å². The monoisotopic (exact) mass is 368 g/mol. The molecule has 4 rings (SSSR count). The van der Waals surface area contributed by atoms with Gasteiger partial charge in [-0.15, -0.1) is 0 Å². The summed E-state index contributed by atoms with van der Waals surface area (Å²) in [6, 6.07) is 10.4. The number of hydrogen-bond acceptors (Lipinski definition) is 6. The number of methoxy groups -OCH3 is 1. The standard InChI is InChI=1S/C20H20N2O5/c1-25-17-10-9-13(11-18(17)26-14-5-2-3-6-14)12-19-21-15-7-4-8-16(22(23)24)20(15)27-19/h4,7-11,14H,2-3,5-6,12H2,1H3. The molecular formula is C20H20N2O5. The molecule has 0 N–H and O–H groups in total. The molecule has 3 aromatic rings. The van der Waals surface area contributed by atoms with Crippen LogP contribution in [0.15, 0.2) is 40.8 Å². The van der Waals surface area contributed by atoms with Crippen molar-refractivity contribution in [1.29, 1.82) is 0 Å². The fraction of sp³-hybridized carbons (Fsp3) is 0.350. The second-order valence-electron chi connectivity index (χ2n) is 6.68. The molecule has 7 heteroatoms. The molecule has 0 atom stereocenters. The number of rotatable bonds is 6. The largest absolute Gasteiger partial charge is 0.493 e. The van der Waals surface area contributed by atoms with E-state index in [0.717, 1.165) is 18.4 Å². The number of oxazole rings is 1. The van der Waals surface area contributed by atoms with Gasteiger partial charge in [0.25, 0.3) is 0 Å². The Hall–Kier alpha value is -3.09. The van der Waals surface area contributed by atoms with Crippen molar-refractivity contribution in [3.8, 4) is 11.5 Å². The third-order valence-electron chi connectivity index (χ3n) is 4.81. The first-order valence-electron chi connectivity index (χ1n) is 9.00. The molecule has 0 saturated heterocycles. The van der Waals surface area contributed by atoms with Gasteiger partial charge < -0.3 is 13.9 Å². The summed E-state index contributed by atoms with van der Waals surface area (Å²) in [7, 11) is 1.62. The third-order valence-corrected chi connectivity index (χ3v) is 4.81. The van der Waals surface area contributed by atoms with E-state index < -0.39 is 4.92 Å². The number of non-ortho nitro benzene ring substituents is 1. The number of nitrogens with zero attached hydrogens (tertiary/aromatic N) is 2. The Morgan fingerprint density at radius 1 is 1.22 bits per heavy atom. The van der Waals surface area contributed by atoms with Crippen molar-refractivity contribution in [1.82, 2.24) is 4.98 Å². The highest BCUT2D eigenvalue weighted by atomic mass is 16.6. The van der Waals surface area contributed by atoms with Gasteiger partial charge in [0.2, 0.25) is 5.58 Å². The normalized spacial score (nSPS) is 14.6. The third kappa shape index (κ3) is 3.58. The van der Waals surface area contributed by atoms with Crippen LogP contribution in [0.1, 0.15) is 37.1 Å². The summed E-state index contributed by atoms with van der Waals surface area (Å²) in [4.78, 5) is 15.1. The minimum Gasteiger partial charge on any atom is -0.493 e. The van der Waals surface area contributed by atoms with E-state index in [-0.39, 0.29) is 17.4 Å². The highest BCUT2D eigenvalue weighted by Crippen LogP contribution is 2.33. The van der Waals surface area contributed by atoms with Gasteiger partial charge in [0.1, 0.15) is 5.52 Å². The molecule has 1 saturated carbocycles. The van der Waals surface area contributed by atoms with E-state index in [1.165, 1.54) is 18.9 Å². The summed E-state index contributed by atoms with van der Waals surface area (Å²) < 4.78 is 17.2. The molecule has 0 bridgehead atoms. The Morgan fingerprint density at radius 3 is 2.78 bits per heavy atom. The van der Waals surface area contributed by atoms with E-state index in [1.807, 2.05) is 18.2 Å². The SMILES string of the molecule is COc1ccc(Cc2nc3cccc([N+](=O)[O-])c3o2)cc1OC1CCCC1. The maximum absolute atomic E-state index is 11.1. The van der Waals surface area contributed by atoms with Crippen LogP contribution >= 0.6 is 0 Å². The van der Waals surface area contributed by atoms with Crippen molar-refractivity contribution in [2.45, 2.75) is 38.2 Å². The van der Waals surface area contributed by atoms with Crippen LogP contribution in [0.5, 0.6) is 11.5 Å². The fourth-order valence-corrected chi connectivity index (χ4v) is 3.48. The van der Waals surface area contributed by atoms with Crippen molar-refractivity contribution in [2.24, 2.45) is 0 Å². The van der Waals surface area contributed by atoms with Crippen LogP contribution in [0.25, 0.3) is 11.1 Å². The number of aromatic nitrogens is 1. The molecule has 0 unspecified atom stereocenters. The van der Waals surface area contributed by atoms with Crippen molar-refractivity contribution in [3.63, 3.8) is 0 Å². The van der Waals surface area contributed by atoms with Crippen molar-refractivity contribution in [3.05, 3.63) is 58.0 Å². The second kappa shape index (κ2) is 7.26. The van der Waals surface area contributed by atoms with Gasteiger partial charge in [-0.3, -0.25) is 10.1 Å². The summed E-state index contributed by atoms with van der Waals surface area (Å²) in [5.41, 5.74) is 1.55. The van der Waals surface area contributed by atoms with Crippen LogP contribution < -0.4 is 9.47 Å². The van der Waals surface area contributed by atoms with Gasteiger partial charge in [-0.1, -0.05) is 12.1 Å². The van der Waals surface area contributed by atoms with Crippen LogP contribution in [-0.4, -0.2) is 23.1 Å². The lowest BCUT2D eigenvalue weighted by atomic mass is 10.1. The zero-order valence-corrected chi connectivity index (χ0v) is 15.0. The zero-order chi connectivity index (χ0) is 18.8. The molecular weight excluding hydrogens is 348 g/mol. The van der Waals surface area contributed by atoms with Crippen LogP contribution in [0.2, 0.25) is 0 Å². The van der Waals surface area contributed by atoms with E-state index in [4.69, 9.17) is 13.9 Å². The lowest BCUT2D eigenvalue weighted by Gasteiger charge is -2.16. The van der Waals surface area contributed by atoms with Crippen molar-refractivity contribution in [2.75, 3.05) is 7.11 Å². The summed E-state index contributed by atoms with van der Waals surface area (Å²) in [5, 5.41) is 11.1. The first kappa shape index (κ1) is 17.3. The highest BCUT2D eigenvalue weighted by molar-refractivity contribution is 5.82. The van der Waals surface area contributed by atoms with Crippen molar-refractivity contribution < 1.29 is 18.8 Å². The average Bonchev–Trinajstić information content (AvgIpc) is 3.30. The van der Waals surface area contributed by atoms with Gasteiger partial charge in [0, 0.05) is 12.5 Å². The fourth-order valence-electron chi connectivity index (χ4n) is 3.48. The number of hydrogen-bond donors (Lipinski definition) is 0. The molecule has 0 spiro atoms. The van der Waals surface area contributed by atoms with E-state index in [2.05, 4.69) is 4.98 Å². The molecule has 1 aromatic heterocycles. The Labute approximate surface area is 156 Å². The Kier molecular flexibility index (Phi) is 4.66. The lowest BCUT2D eigenvalue weighted by molar-refractivity contribution is -0.383. The molecule has 140 valence electrons. The lowest BCUT2D eigenvalue weighted by Crippen LogP contribution is -2.11. The predicted octanol–water partition coefficient (Wildman–Crippen LogP) is 4.66. The van der Waals surface area contributed by atoms with E-state index >= 15 is 0 Å². The average molecular weight is 368 g/mol. The zero-order valence-electron chi connectivity index (χ0n) is 15.0. The maximum Gasteiger partial charge on any atom is 0.313 e. The van der Waals surface area contributed by atoms with Crippen LogP contribution in [-0.2, 0) is 6.42 Å². The Bertz CT molecular complexity index is 976. The number of fused-ring (bicyclic) bond motifs is 1. The predicted molar refractivity (Wildman–Crippen MR) is 99.3 cm³/mol. The van der Waals surface area contributed by atoms with Gasteiger partial charge in [-0.2, -0.15) is 0 Å². The van der Waals surface area contributed by atoms with Gasteiger partial charge >= 0.3 is 5.69 Å². The number of nitro groups is 1. The number of ether oxygens (including phenoxy) is 2. The summed E-state index contributed by atoms with van der Waals surface area (Å²) in [5.74, 6) is 1.83. The molecule has 1 heterocycles. The summed E-state index contributed by atoms with van der Waals surface area (Å²) in [6.07, 6.45) is 5.13. The van der Waals surface area contributed by atoms with Crippen LogP contribution in [0.4, 0.5) is 5.69 Å². The molecule has 27 heavy (non-hydrogen) atoms. The number of nitro benzene ring substituents is 1. The highest BCUT2D eigenvalue weighted by Gasteiger charge is 2.20. The van der Waals surface area contributed by atoms with Crippen LogP contribution in [0, 0.1) is 10.1 Å². The van der Waals surface area contributed by atoms with Gasteiger partial charge in [-0.25, -0.2) is 4.98 Å². The minimum absolute atomic E-state index is 0.0776. The molecule has 0 radical (unpaired) electrons. The van der Waals surface area contributed by atoms with Crippen LogP contribution in [0.3, 0.4) is 0 Å². The number of benzene rings is 2. The molecule has 0 amide bonds. The Balaban J connectivity index is 1.61. The Morgan fingerprint density at radius 2 is 2.04 bits per heavy atom. The summed E-state index contributed by atoms with van der Waals surface area (Å²) in [6.45, 7) is 0. The first-order chi connectivity index (χ1) is 13.1. The molecule has 1 aliphatic rings. The van der Waals surface area contributed by atoms with E-state index in [0.29, 0.717) is 29.3 Å². The minimum atomic E-state index is -0.460. The molecule has 1 fully saturated rings. The quantitative estimate of drug-likeness (QED) is 0.465. The van der Waals surface area contributed by atoms with E-state index in [9.17, 15) is 10.1 Å². The van der Waals surface area contributed by atoms with E-state index in [1.54, 1.807) is 19.2 Å². The maximum atomic E-state index is 11.1. The topological polar surface area (TPSA) is 87.6 Å². The van der Waals surface area contributed by atoms with Gasteiger partial charge in [-0.05, 0) is 49.4 Å². The molecule has 1 aliphatic carbocycles. The summed E-state index contributed by atoms with van der Waals surface area (Å²) >= 11 is 0.